The zero-order valence-corrected chi connectivity index (χ0v) is 6.95. The van der Waals surface area contributed by atoms with Gasteiger partial charge in [-0.05, 0) is 25.7 Å². The number of allylic oxidation sites excluding steroid dienone is 2. The quantitative estimate of drug-likeness (QED) is 0.679. The second-order valence-corrected chi connectivity index (χ2v) is 2.93. The highest BCUT2D eigenvalue weighted by atomic mass is 19.4. The minimum Gasteiger partial charge on any atom is -0.322 e. The van der Waals surface area contributed by atoms with Gasteiger partial charge in [0.1, 0.15) is 0 Å². The van der Waals surface area contributed by atoms with Gasteiger partial charge in [-0.25, -0.2) is 0 Å². The van der Waals surface area contributed by atoms with Gasteiger partial charge in [0.15, 0.2) is 0 Å². The first kappa shape index (κ1) is 10.1. The third kappa shape index (κ3) is 3.08. The number of hydrogen-bond donors (Lipinski definition) is 1. The first-order valence-corrected chi connectivity index (χ1v) is 4.07. The molecule has 74 valence electrons. The molecule has 0 radical (unpaired) electrons. The third-order valence-corrected chi connectivity index (χ3v) is 1.82. The van der Waals surface area contributed by atoms with E-state index in [1.165, 1.54) is 0 Å². The van der Waals surface area contributed by atoms with Gasteiger partial charge in [0.2, 0.25) is 0 Å². The van der Waals surface area contributed by atoms with Crippen LogP contribution in [-0.2, 0) is 4.79 Å². The molecule has 0 aromatic carbocycles. The van der Waals surface area contributed by atoms with Crippen LogP contribution in [0.4, 0.5) is 13.2 Å². The summed E-state index contributed by atoms with van der Waals surface area (Å²) in [4.78, 5) is 10.5. The molecule has 0 unspecified atom stereocenters. The lowest BCUT2D eigenvalue weighted by atomic mass is 10.1. The highest BCUT2D eigenvalue weighted by molar-refractivity contribution is 5.83. The van der Waals surface area contributed by atoms with Crippen LogP contribution in [0, 0.1) is 0 Å². The molecule has 1 amide bonds. The predicted octanol–water partition coefficient (Wildman–Crippen LogP) is 2.12. The Balaban J connectivity index is 2.49. The molecule has 1 rings (SSSR count). The summed E-state index contributed by atoms with van der Waals surface area (Å²) in [6.45, 7) is 0. The van der Waals surface area contributed by atoms with Crippen molar-refractivity contribution in [1.82, 2.24) is 5.32 Å². The average Bonchev–Trinajstić information content (AvgIpc) is 2.04. The second kappa shape index (κ2) is 3.81. The number of nitrogens with one attached hydrogen (secondary N) is 1. The zero-order valence-electron chi connectivity index (χ0n) is 6.95. The van der Waals surface area contributed by atoms with Gasteiger partial charge in [0.25, 0.3) is 0 Å². The lowest BCUT2D eigenvalue weighted by Gasteiger charge is -2.14. The van der Waals surface area contributed by atoms with E-state index in [-0.39, 0.29) is 0 Å². The van der Waals surface area contributed by atoms with Crippen LogP contribution in [0.2, 0.25) is 0 Å². The minimum absolute atomic E-state index is 0.397. The Kier molecular flexibility index (Phi) is 2.95. The van der Waals surface area contributed by atoms with Crippen LogP contribution >= 0.6 is 0 Å². The van der Waals surface area contributed by atoms with E-state index in [0.29, 0.717) is 12.1 Å². The summed E-state index contributed by atoms with van der Waals surface area (Å²) in [6, 6.07) is 0. The van der Waals surface area contributed by atoms with Crippen molar-refractivity contribution >= 4 is 5.91 Å². The first-order chi connectivity index (χ1) is 6.00. The summed E-state index contributed by atoms with van der Waals surface area (Å²) in [5.74, 6) is -1.87. The van der Waals surface area contributed by atoms with E-state index >= 15 is 0 Å². The Labute approximate surface area is 73.8 Å². The van der Waals surface area contributed by atoms with E-state index in [1.807, 2.05) is 5.32 Å². The van der Waals surface area contributed by atoms with Crippen LogP contribution in [-0.4, -0.2) is 12.1 Å². The highest BCUT2D eigenvalue weighted by Crippen LogP contribution is 2.19. The van der Waals surface area contributed by atoms with Crippen LogP contribution < -0.4 is 5.32 Å². The molecule has 13 heavy (non-hydrogen) atoms. The Morgan fingerprint density at radius 3 is 2.54 bits per heavy atom. The molecule has 1 aliphatic rings. The number of alkyl halides is 3. The topological polar surface area (TPSA) is 29.1 Å². The molecular formula is C8H10F3NO. The normalized spacial score (nSPS) is 17.9. The number of amides is 1. The maximum atomic E-state index is 11.8. The van der Waals surface area contributed by atoms with Crippen molar-refractivity contribution in [1.29, 1.82) is 0 Å². The van der Waals surface area contributed by atoms with Gasteiger partial charge in [0, 0.05) is 5.70 Å². The third-order valence-electron chi connectivity index (χ3n) is 1.82. The Hall–Kier alpha value is -1.00. The maximum Gasteiger partial charge on any atom is 0.471 e. The smallest absolute Gasteiger partial charge is 0.322 e. The molecule has 0 spiro atoms. The zero-order chi connectivity index (χ0) is 9.90. The molecule has 1 aliphatic carbocycles. The van der Waals surface area contributed by atoms with E-state index < -0.39 is 12.1 Å². The van der Waals surface area contributed by atoms with Crippen molar-refractivity contribution in [3.8, 4) is 0 Å². The van der Waals surface area contributed by atoms with Crippen molar-refractivity contribution in [2.75, 3.05) is 0 Å². The summed E-state index contributed by atoms with van der Waals surface area (Å²) in [5, 5.41) is 1.86. The Morgan fingerprint density at radius 2 is 2.08 bits per heavy atom. The maximum absolute atomic E-state index is 11.8. The van der Waals surface area contributed by atoms with Crippen LogP contribution in [0.15, 0.2) is 11.8 Å². The SMILES string of the molecule is O=C(NC1=CCCCC1)C(F)(F)F. The molecular weight excluding hydrogens is 183 g/mol. The van der Waals surface area contributed by atoms with Gasteiger partial charge in [-0.3, -0.25) is 4.79 Å². The molecule has 0 saturated carbocycles. The molecule has 0 fully saturated rings. The summed E-state index contributed by atoms with van der Waals surface area (Å²) < 4.78 is 35.3. The number of carbonyl (C=O) groups is 1. The van der Waals surface area contributed by atoms with Gasteiger partial charge in [-0.15, -0.1) is 0 Å². The molecule has 0 heterocycles. The average molecular weight is 193 g/mol. The molecule has 0 bridgehead atoms. The van der Waals surface area contributed by atoms with Crippen LogP contribution in [0.3, 0.4) is 0 Å². The van der Waals surface area contributed by atoms with Gasteiger partial charge in [-0.1, -0.05) is 6.08 Å². The van der Waals surface area contributed by atoms with Crippen molar-refractivity contribution in [2.24, 2.45) is 0 Å². The molecule has 0 saturated heterocycles. The first-order valence-electron chi connectivity index (χ1n) is 4.07. The van der Waals surface area contributed by atoms with Gasteiger partial charge in [-0.2, -0.15) is 13.2 Å². The molecule has 0 aliphatic heterocycles. The van der Waals surface area contributed by atoms with Gasteiger partial charge >= 0.3 is 12.1 Å². The minimum atomic E-state index is -4.78. The van der Waals surface area contributed by atoms with Crippen molar-refractivity contribution in [2.45, 2.75) is 31.9 Å². The van der Waals surface area contributed by atoms with Gasteiger partial charge < -0.3 is 5.32 Å². The summed E-state index contributed by atoms with van der Waals surface area (Å²) in [5.41, 5.74) is 0.397. The van der Waals surface area contributed by atoms with Crippen LogP contribution in [0.1, 0.15) is 25.7 Å². The molecule has 1 N–H and O–H groups in total. The van der Waals surface area contributed by atoms with Crippen LogP contribution in [0.5, 0.6) is 0 Å². The van der Waals surface area contributed by atoms with Crippen molar-refractivity contribution < 1.29 is 18.0 Å². The second-order valence-electron chi connectivity index (χ2n) is 2.93. The van der Waals surface area contributed by atoms with Crippen LogP contribution in [0.25, 0.3) is 0 Å². The Morgan fingerprint density at radius 1 is 1.38 bits per heavy atom. The molecule has 2 nitrogen and oxygen atoms in total. The molecule has 0 aromatic rings. The fourth-order valence-corrected chi connectivity index (χ4v) is 1.17. The van der Waals surface area contributed by atoms with E-state index in [0.717, 1.165) is 19.3 Å². The van der Waals surface area contributed by atoms with Gasteiger partial charge in [0.05, 0.1) is 0 Å². The predicted molar refractivity (Wildman–Crippen MR) is 40.7 cm³/mol. The molecule has 0 aromatic heterocycles. The van der Waals surface area contributed by atoms with E-state index in [1.54, 1.807) is 6.08 Å². The van der Waals surface area contributed by atoms with Crippen molar-refractivity contribution in [3.05, 3.63) is 11.8 Å². The van der Waals surface area contributed by atoms with E-state index in [9.17, 15) is 18.0 Å². The van der Waals surface area contributed by atoms with E-state index in [4.69, 9.17) is 0 Å². The summed E-state index contributed by atoms with van der Waals surface area (Å²) >= 11 is 0. The molecule has 5 heteroatoms. The fraction of sp³-hybridized carbons (Fsp3) is 0.625. The largest absolute Gasteiger partial charge is 0.471 e. The number of halogens is 3. The number of rotatable bonds is 1. The molecule has 0 atom stereocenters. The number of carbonyl (C=O) groups excluding carboxylic acids is 1. The van der Waals surface area contributed by atoms with E-state index in [2.05, 4.69) is 0 Å². The lowest BCUT2D eigenvalue weighted by molar-refractivity contribution is -0.172. The summed E-state index contributed by atoms with van der Waals surface area (Å²) in [6.07, 6.45) is -0.0456. The summed E-state index contributed by atoms with van der Waals surface area (Å²) in [7, 11) is 0. The lowest BCUT2D eigenvalue weighted by Crippen LogP contribution is -2.36. The number of hydrogen-bond acceptors (Lipinski definition) is 1. The Bertz CT molecular complexity index is 232. The highest BCUT2D eigenvalue weighted by Gasteiger charge is 2.38. The fourth-order valence-electron chi connectivity index (χ4n) is 1.17. The monoisotopic (exact) mass is 193 g/mol. The standard InChI is InChI=1S/C8H10F3NO/c9-8(10,11)7(13)12-6-4-2-1-3-5-6/h4H,1-3,5H2,(H,12,13). The van der Waals surface area contributed by atoms with Crippen molar-refractivity contribution in [3.63, 3.8) is 0 Å².